The van der Waals surface area contributed by atoms with E-state index in [4.69, 9.17) is 0 Å². The highest BCUT2D eigenvalue weighted by atomic mass is 16.1. The van der Waals surface area contributed by atoms with Crippen LogP contribution in [0.1, 0.15) is 54.6 Å². The third kappa shape index (κ3) is 4.06. The number of rotatable bonds is 6. The highest BCUT2D eigenvalue weighted by Crippen LogP contribution is 2.27. The maximum Gasteiger partial charge on any atom is 0.184 e. The monoisotopic (exact) mass is 296 g/mol. The maximum absolute atomic E-state index is 12.2. The van der Waals surface area contributed by atoms with Gasteiger partial charge in [0.05, 0.1) is 5.69 Å². The Morgan fingerprint density at radius 1 is 1.09 bits per heavy atom. The van der Waals surface area contributed by atoms with Gasteiger partial charge in [0, 0.05) is 11.8 Å². The molecule has 1 heterocycles. The SMILES string of the molecule is O=C(Cn1ccc(CCC2CCCCC2)n1)c1ccccc1. The predicted octanol–water partition coefficient (Wildman–Crippen LogP) is 4.28. The molecule has 3 rings (SSSR count). The second-order valence-electron chi connectivity index (χ2n) is 6.34. The molecule has 116 valence electrons. The number of aromatic nitrogens is 2. The fourth-order valence-corrected chi connectivity index (χ4v) is 3.32. The van der Waals surface area contributed by atoms with Crippen molar-refractivity contribution in [3.05, 3.63) is 53.9 Å². The van der Waals surface area contributed by atoms with Crippen molar-refractivity contribution in [1.82, 2.24) is 9.78 Å². The van der Waals surface area contributed by atoms with Gasteiger partial charge >= 0.3 is 0 Å². The minimum absolute atomic E-state index is 0.113. The number of aryl methyl sites for hydroxylation is 1. The van der Waals surface area contributed by atoms with Crippen LogP contribution in [0.15, 0.2) is 42.6 Å². The van der Waals surface area contributed by atoms with Crippen LogP contribution in [0.5, 0.6) is 0 Å². The van der Waals surface area contributed by atoms with Gasteiger partial charge in [0.2, 0.25) is 0 Å². The van der Waals surface area contributed by atoms with Gasteiger partial charge in [0.25, 0.3) is 0 Å². The molecule has 1 aliphatic rings. The summed E-state index contributed by atoms with van der Waals surface area (Å²) in [5, 5.41) is 4.56. The van der Waals surface area contributed by atoms with Crippen molar-refractivity contribution >= 4 is 5.78 Å². The zero-order chi connectivity index (χ0) is 15.2. The number of benzene rings is 1. The molecule has 3 heteroatoms. The Bertz CT molecular complexity index is 597. The van der Waals surface area contributed by atoms with Gasteiger partial charge < -0.3 is 0 Å². The largest absolute Gasteiger partial charge is 0.292 e. The third-order valence-electron chi connectivity index (χ3n) is 4.63. The van der Waals surface area contributed by atoms with Crippen LogP contribution in [0.25, 0.3) is 0 Å². The van der Waals surface area contributed by atoms with E-state index in [-0.39, 0.29) is 5.78 Å². The van der Waals surface area contributed by atoms with Gasteiger partial charge in [-0.25, -0.2) is 0 Å². The summed E-state index contributed by atoms with van der Waals surface area (Å²) < 4.78 is 1.77. The second kappa shape index (κ2) is 7.39. The van der Waals surface area contributed by atoms with Gasteiger partial charge in [-0.3, -0.25) is 9.48 Å². The van der Waals surface area contributed by atoms with Crippen molar-refractivity contribution in [2.24, 2.45) is 5.92 Å². The minimum atomic E-state index is 0.113. The Morgan fingerprint density at radius 2 is 1.86 bits per heavy atom. The molecule has 0 amide bonds. The van der Waals surface area contributed by atoms with Crippen LogP contribution < -0.4 is 0 Å². The number of hydrogen-bond donors (Lipinski definition) is 0. The summed E-state index contributed by atoms with van der Waals surface area (Å²) >= 11 is 0. The molecule has 1 aromatic carbocycles. The fraction of sp³-hybridized carbons (Fsp3) is 0.474. The standard InChI is InChI=1S/C19H24N2O/c22-19(17-9-5-2-6-10-17)15-21-14-13-18(20-21)12-11-16-7-3-1-4-8-16/h2,5-6,9-10,13-14,16H,1,3-4,7-8,11-12,15H2. The van der Waals surface area contributed by atoms with E-state index < -0.39 is 0 Å². The highest BCUT2D eigenvalue weighted by Gasteiger charge is 2.14. The first-order chi connectivity index (χ1) is 10.8. The molecular formula is C19H24N2O. The molecule has 0 aliphatic heterocycles. The Hall–Kier alpha value is -1.90. The number of ketones is 1. The normalized spacial score (nSPS) is 15.8. The van der Waals surface area contributed by atoms with Gasteiger partial charge in [-0.1, -0.05) is 62.4 Å². The lowest BCUT2D eigenvalue weighted by Gasteiger charge is -2.20. The molecule has 1 aliphatic carbocycles. The van der Waals surface area contributed by atoms with Crippen LogP contribution >= 0.6 is 0 Å². The van der Waals surface area contributed by atoms with Crippen LogP contribution in [0, 0.1) is 5.92 Å². The summed E-state index contributed by atoms with van der Waals surface area (Å²) in [7, 11) is 0. The topological polar surface area (TPSA) is 34.9 Å². The lowest BCUT2D eigenvalue weighted by Crippen LogP contribution is -2.11. The number of Topliss-reactive ketones (excluding diaryl/α,β-unsaturated/α-hetero) is 1. The zero-order valence-electron chi connectivity index (χ0n) is 13.1. The van der Waals surface area contributed by atoms with Crippen molar-refractivity contribution in [2.75, 3.05) is 0 Å². The van der Waals surface area contributed by atoms with Crippen molar-refractivity contribution in [1.29, 1.82) is 0 Å². The molecule has 1 saturated carbocycles. The quantitative estimate of drug-likeness (QED) is 0.746. The molecule has 2 aromatic rings. The second-order valence-corrected chi connectivity index (χ2v) is 6.34. The molecule has 3 nitrogen and oxygen atoms in total. The first-order valence-electron chi connectivity index (χ1n) is 8.42. The lowest BCUT2D eigenvalue weighted by molar-refractivity contribution is 0.0967. The van der Waals surface area contributed by atoms with E-state index in [1.54, 1.807) is 4.68 Å². The van der Waals surface area contributed by atoms with Crippen LogP contribution in [-0.4, -0.2) is 15.6 Å². The molecule has 0 unspecified atom stereocenters. The van der Waals surface area contributed by atoms with E-state index in [0.29, 0.717) is 6.54 Å². The zero-order valence-corrected chi connectivity index (χ0v) is 13.1. The van der Waals surface area contributed by atoms with E-state index in [9.17, 15) is 4.79 Å². The van der Waals surface area contributed by atoms with Crippen LogP contribution in [0.3, 0.4) is 0 Å². The highest BCUT2D eigenvalue weighted by molar-refractivity contribution is 5.95. The predicted molar refractivity (Wildman–Crippen MR) is 87.9 cm³/mol. The van der Waals surface area contributed by atoms with Crippen molar-refractivity contribution in [3.63, 3.8) is 0 Å². The molecule has 1 aromatic heterocycles. The first kappa shape index (κ1) is 15.0. The number of nitrogens with zero attached hydrogens (tertiary/aromatic N) is 2. The van der Waals surface area contributed by atoms with Gasteiger partial charge in [0.1, 0.15) is 6.54 Å². The molecule has 0 radical (unpaired) electrons. The number of carbonyl (C=O) groups is 1. The fourth-order valence-electron chi connectivity index (χ4n) is 3.32. The van der Waals surface area contributed by atoms with Crippen molar-refractivity contribution in [3.8, 4) is 0 Å². The average molecular weight is 296 g/mol. The minimum Gasteiger partial charge on any atom is -0.292 e. The lowest BCUT2D eigenvalue weighted by atomic mass is 9.86. The van der Waals surface area contributed by atoms with E-state index in [1.807, 2.05) is 36.5 Å². The van der Waals surface area contributed by atoms with Crippen LogP contribution in [0.4, 0.5) is 0 Å². The van der Waals surface area contributed by atoms with Crippen molar-refractivity contribution < 1.29 is 4.79 Å². The molecule has 0 bridgehead atoms. The van der Waals surface area contributed by atoms with Gasteiger partial charge in [-0.15, -0.1) is 0 Å². The van der Waals surface area contributed by atoms with E-state index in [1.165, 1.54) is 38.5 Å². The van der Waals surface area contributed by atoms with Crippen molar-refractivity contribution in [2.45, 2.75) is 51.5 Å². The molecular weight excluding hydrogens is 272 g/mol. The maximum atomic E-state index is 12.2. The van der Waals surface area contributed by atoms with Gasteiger partial charge in [-0.2, -0.15) is 5.10 Å². The average Bonchev–Trinajstić information content (AvgIpc) is 3.02. The summed E-state index contributed by atoms with van der Waals surface area (Å²) in [6.07, 6.45) is 11.2. The number of carbonyl (C=O) groups excluding carboxylic acids is 1. The van der Waals surface area contributed by atoms with E-state index >= 15 is 0 Å². The summed E-state index contributed by atoms with van der Waals surface area (Å²) in [5.74, 6) is 0.993. The molecule has 0 spiro atoms. The summed E-state index contributed by atoms with van der Waals surface area (Å²) in [6, 6.07) is 11.5. The first-order valence-corrected chi connectivity index (χ1v) is 8.42. The van der Waals surface area contributed by atoms with E-state index in [2.05, 4.69) is 11.2 Å². The number of hydrogen-bond acceptors (Lipinski definition) is 2. The molecule has 0 N–H and O–H groups in total. The summed E-state index contributed by atoms with van der Waals surface area (Å²) in [6.45, 7) is 0.327. The summed E-state index contributed by atoms with van der Waals surface area (Å²) in [5.41, 5.74) is 1.87. The Labute approximate surface area is 132 Å². The van der Waals surface area contributed by atoms with Gasteiger partial charge in [0.15, 0.2) is 5.78 Å². The molecule has 22 heavy (non-hydrogen) atoms. The Balaban J connectivity index is 1.51. The van der Waals surface area contributed by atoms with E-state index in [0.717, 1.165) is 23.6 Å². The van der Waals surface area contributed by atoms with Crippen LogP contribution in [-0.2, 0) is 13.0 Å². The molecule has 0 atom stereocenters. The molecule has 1 fully saturated rings. The van der Waals surface area contributed by atoms with Gasteiger partial charge in [-0.05, 0) is 24.8 Å². The van der Waals surface area contributed by atoms with Crippen LogP contribution in [0.2, 0.25) is 0 Å². The Kier molecular flexibility index (Phi) is 5.04. The molecule has 0 saturated heterocycles. The Morgan fingerprint density at radius 3 is 2.64 bits per heavy atom. The smallest absolute Gasteiger partial charge is 0.184 e. The third-order valence-corrected chi connectivity index (χ3v) is 4.63. The summed E-state index contributed by atoms with van der Waals surface area (Å²) in [4.78, 5) is 12.2.